The van der Waals surface area contributed by atoms with Gasteiger partial charge in [0.05, 0.1) is 11.8 Å². The van der Waals surface area contributed by atoms with Crippen molar-refractivity contribution in [2.45, 2.75) is 24.9 Å². The molecule has 3 aromatic rings. The van der Waals surface area contributed by atoms with Crippen LogP contribution in [0.5, 0.6) is 0 Å². The second-order valence-corrected chi connectivity index (χ2v) is 6.67. The second-order valence-electron chi connectivity index (χ2n) is 4.61. The number of H-pyrrole nitrogens is 2. The average molecular weight is 395 g/mol. The predicted octanol–water partition coefficient (Wildman–Crippen LogP) is 4.39. The average Bonchev–Trinajstić information content (AvgIpc) is 3.14. The van der Waals surface area contributed by atoms with E-state index < -0.39 is 21.8 Å². The number of alkyl halides is 3. The first-order chi connectivity index (χ1) is 11.7. The highest BCUT2D eigenvalue weighted by Crippen LogP contribution is 2.33. The van der Waals surface area contributed by atoms with Crippen LogP contribution in [-0.2, 0) is 16.2 Å². The van der Waals surface area contributed by atoms with E-state index in [1.54, 1.807) is 0 Å². The zero-order valence-electron chi connectivity index (χ0n) is 13.1. The van der Waals surface area contributed by atoms with Crippen LogP contribution in [0.2, 0.25) is 5.02 Å². The van der Waals surface area contributed by atoms with Gasteiger partial charge in [-0.2, -0.15) is 18.3 Å². The smallest absolute Gasteiger partial charge is 0.360 e. The van der Waals surface area contributed by atoms with Crippen LogP contribution in [0, 0.1) is 0 Å². The lowest BCUT2D eigenvalue weighted by molar-refractivity contribution is -0.137. The summed E-state index contributed by atoms with van der Waals surface area (Å²) >= 11 is 5.74. The van der Waals surface area contributed by atoms with Crippen molar-refractivity contribution in [3.8, 4) is 0 Å². The minimum atomic E-state index is -4.51. The highest BCUT2D eigenvalue weighted by molar-refractivity contribution is 7.93. The molecular weight excluding hydrogens is 381 g/mol. The van der Waals surface area contributed by atoms with Crippen molar-refractivity contribution in [3.05, 3.63) is 41.2 Å². The Morgan fingerprint density at radius 1 is 1.24 bits per heavy atom. The zero-order valence-corrected chi connectivity index (χ0v) is 14.6. The van der Waals surface area contributed by atoms with Gasteiger partial charge in [-0.05, 0) is 12.1 Å². The van der Waals surface area contributed by atoms with Crippen LogP contribution >= 0.6 is 11.6 Å². The number of aromatic amines is 2. The van der Waals surface area contributed by atoms with Crippen LogP contribution in [0.3, 0.4) is 0 Å². The van der Waals surface area contributed by atoms with Gasteiger partial charge >= 0.3 is 6.18 Å². The lowest BCUT2D eigenvalue weighted by Crippen LogP contribution is -2.13. The molecule has 0 radical (unpaired) electrons. The third-order valence-electron chi connectivity index (χ3n) is 3.09. The molecule has 0 saturated heterocycles. The molecular formula is C14H14ClF3N4O2S. The van der Waals surface area contributed by atoms with E-state index in [1.807, 2.05) is 13.8 Å². The van der Waals surface area contributed by atoms with Gasteiger partial charge < -0.3 is 4.98 Å². The Kier molecular flexibility index (Phi) is 5.33. The Hall–Kier alpha value is -2.20. The summed E-state index contributed by atoms with van der Waals surface area (Å²) in [6.45, 7) is 4.00. The summed E-state index contributed by atoms with van der Waals surface area (Å²) in [4.78, 5) is 2.32. The fraction of sp³-hybridized carbons (Fsp3) is 0.214. The number of sulfonamides is 1. The highest BCUT2D eigenvalue weighted by atomic mass is 35.5. The van der Waals surface area contributed by atoms with Gasteiger partial charge in [0.1, 0.15) is 9.92 Å². The van der Waals surface area contributed by atoms with Crippen LogP contribution in [0.15, 0.2) is 35.5 Å². The maximum atomic E-state index is 12.7. The Balaban J connectivity index is 0.00000109. The number of halogens is 4. The van der Waals surface area contributed by atoms with Gasteiger partial charge in [-0.1, -0.05) is 31.5 Å². The van der Waals surface area contributed by atoms with Crippen molar-refractivity contribution in [2.75, 3.05) is 4.72 Å². The summed E-state index contributed by atoms with van der Waals surface area (Å²) in [5.41, 5.74) is -0.823. The summed E-state index contributed by atoms with van der Waals surface area (Å²) in [7, 11) is -4.06. The van der Waals surface area contributed by atoms with Gasteiger partial charge in [-0.15, -0.1) is 0 Å². The van der Waals surface area contributed by atoms with Crippen LogP contribution < -0.4 is 4.72 Å². The Morgan fingerprint density at radius 2 is 1.92 bits per heavy atom. The third-order valence-corrected chi connectivity index (χ3v) is 4.77. The van der Waals surface area contributed by atoms with Crippen LogP contribution in [-0.4, -0.2) is 23.6 Å². The number of hydrogen-bond donors (Lipinski definition) is 3. The number of benzene rings is 1. The molecule has 25 heavy (non-hydrogen) atoms. The molecule has 6 nitrogen and oxygen atoms in total. The Morgan fingerprint density at radius 3 is 2.48 bits per heavy atom. The van der Waals surface area contributed by atoms with Crippen LogP contribution in [0.4, 0.5) is 19.0 Å². The van der Waals surface area contributed by atoms with Crippen molar-refractivity contribution >= 4 is 38.3 Å². The number of rotatable bonds is 3. The topological polar surface area (TPSA) is 90.6 Å². The molecule has 0 spiro atoms. The van der Waals surface area contributed by atoms with E-state index in [1.165, 1.54) is 6.20 Å². The van der Waals surface area contributed by atoms with E-state index in [-0.39, 0.29) is 26.6 Å². The molecule has 0 aliphatic heterocycles. The van der Waals surface area contributed by atoms with Crippen LogP contribution in [0.1, 0.15) is 19.4 Å². The quantitative estimate of drug-likeness (QED) is 0.615. The maximum Gasteiger partial charge on any atom is 0.416 e. The fourth-order valence-corrected chi connectivity index (χ4v) is 3.44. The van der Waals surface area contributed by atoms with Crippen molar-refractivity contribution in [2.24, 2.45) is 0 Å². The lowest BCUT2D eigenvalue weighted by atomic mass is 10.1. The minimum Gasteiger partial charge on any atom is -0.360 e. The van der Waals surface area contributed by atoms with Gasteiger partial charge in [0.15, 0.2) is 5.82 Å². The van der Waals surface area contributed by atoms with Crippen molar-refractivity contribution in [3.63, 3.8) is 0 Å². The number of nitrogens with one attached hydrogen (secondary N) is 3. The molecule has 2 aromatic heterocycles. The van der Waals surface area contributed by atoms with Crippen molar-refractivity contribution < 1.29 is 21.6 Å². The second kappa shape index (κ2) is 6.96. The number of anilines is 1. The van der Waals surface area contributed by atoms with Crippen molar-refractivity contribution in [1.82, 2.24) is 15.2 Å². The van der Waals surface area contributed by atoms with Crippen LogP contribution in [0.25, 0.3) is 10.9 Å². The van der Waals surface area contributed by atoms with Gasteiger partial charge in [0, 0.05) is 17.1 Å². The summed E-state index contributed by atoms with van der Waals surface area (Å²) in [5.74, 6) is -0.0343. The first-order valence-electron chi connectivity index (χ1n) is 7.08. The largest absolute Gasteiger partial charge is 0.416 e. The third kappa shape index (κ3) is 3.90. The molecule has 0 aliphatic carbocycles. The summed E-state index contributed by atoms with van der Waals surface area (Å²) in [5, 5.41) is 6.13. The summed E-state index contributed by atoms with van der Waals surface area (Å²) in [6, 6.07) is 2.76. The number of aromatic nitrogens is 3. The molecule has 1 aromatic carbocycles. The van der Waals surface area contributed by atoms with E-state index >= 15 is 0 Å². The monoisotopic (exact) mass is 394 g/mol. The highest BCUT2D eigenvalue weighted by Gasteiger charge is 2.31. The molecule has 0 atom stereocenters. The molecule has 2 heterocycles. The maximum absolute atomic E-state index is 12.7. The molecule has 3 rings (SSSR count). The van der Waals surface area contributed by atoms with Gasteiger partial charge in [-0.25, -0.2) is 8.42 Å². The SMILES string of the molecule is CC.O=S(=O)(Nc1[nH]ncc1Cl)c1c[nH]c2cc(C(F)(F)F)ccc12. The zero-order chi connectivity index (χ0) is 18.8. The first-order valence-corrected chi connectivity index (χ1v) is 8.94. The first kappa shape index (κ1) is 19.1. The van der Waals surface area contributed by atoms with E-state index in [2.05, 4.69) is 19.9 Å². The van der Waals surface area contributed by atoms with E-state index in [4.69, 9.17) is 11.6 Å². The summed E-state index contributed by atoms with van der Waals surface area (Å²) in [6.07, 6.45) is -2.19. The molecule has 0 aliphatic rings. The Labute approximate surface area is 146 Å². The number of nitrogens with zero attached hydrogens (tertiary/aromatic N) is 1. The standard InChI is InChI=1S/C12H8ClF3N4O2S.C2H6/c13-8-4-18-19-11(8)20-23(21,22)10-5-17-9-3-6(12(14,15)16)1-2-7(9)10;1-2/h1-5,17H,(H2,18,19,20);1-2H3. The van der Waals surface area contributed by atoms with Gasteiger partial charge in [-0.3, -0.25) is 9.82 Å². The summed E-state index contributed by atoms with van der Waals surface area (Å²) < 4.78 is 64.9. The minimum absolute atomic E-state index is 0.0343. The molecule has 0 bridgehead atoms. The molecule has 0 fully saturated rings. The van der Waals surface area contributed by atoms with E-state index in [0.29, 0.717) is 0 Å². The molecule has 0 saturated carbocycles. The van der Waals surface area contributed by atoms with Gasteiger partial charge in [0.2, 0.25) is 0 Å². The lowest BCUT2D eigenvalue weighted by Gasteiger charge is -2.07. The predicted molar refractivity (Wildman–Crippen MR) is 89.1 cm³/mol. The fourth-order valence-electron chi connectivity index (χ4n) is 2.03. The number of fused-ring (bicyclic) bond motifs is 1. The molecule has 11 heteroatoms. The molecule has 3 N–H and O–H groups in total. The molecule has 0 amide bonds. The van der Waals surface area contributed by atoms with Gasteiger partial charge in [0.25, 0.3) is 10.0 Å². The van der Waals surface area contributed by atoms with E-state index in [9.17, 15) is 21.6 Å². The van der Waals surface area contributed by atoms with E-state index in [0.717, 1.165) is 24.4 Å². The Bertz CT molecular complexity index is 980. The normalized spacial score (nSPS) is 11.9. The van der Waals surface area contributed by atoms with Crippen molar-refractivity contribution in [1.29, 1.82) is 0 Å². The number of hydrogen-bond acceptors (Lipinski definition) is 3. The molecule has 136 valence electrons. The molecule has 0 unspecified atom stereocenters.